The van der Waals surface area contributed by atoms with Gasteiger partial charge in [-0.2, -0.15) is 0 Å². The Morgan fingerprint density at radius 1 is 0.545 bits per heavy atom. The first-order valence-electron chi connectivity index (χ1n) is 26.9. The number of phosphoric acid groups is 1. The molecule has 0 fully saturated rings. The highest BCUT2D eigenvalue weighted by atomic mass is 31.2. The van der Waals surface area contributed by atoms with Crippen molar-refractivity contribution in [3.05, 3.63) is 85.1 Å². The molecular weight excluding hydrogens is 840 g/mol. The quantitative estimate of drug-likeness (QED) is 0.0272. The number of phosphoric ester groups is 1. The molecule has 0 aromatic carbocycles. The lowest BCUT2D eigenvalue weighted by Crippen LogP contribution is -2.45. The van der Waals surface area contributed by atoms with E-state index in [0.717, 1.165) is 77.0 Å². The van der Waals surface area contributed by atoms with E-state index in [1.54, 1.807) is 6.08 Å². The first kappa shape index (κ1) is 63.7. The Kier molecular flexibility index (Phi) is 46.1. The fourth-order valence-electron chi connectivity index (χ4n) is 7.39. The first-order valence-corrected chi connectivity index (χ1v) is 28.4. The van der Waals surface area contributed by atoms with Crippen molar-refractivity contribution >= 4 is 13.7 Å². The molecule has 0 aromatic heterocycles. The maximum atomic E-state index is 12.9. The number of carbonyl (C=O) groups excluding carboxylic acids is 1. The molecule has 1 amide bonds. The van der Waals surface area contributed by atoms with Crippen LogP contribution < -0.4 is 10.2 Å². The fourth-order valence-corrected chi connectivity index (χ4v) is 8.11. The van der Waals surface area contributed by atoms with Gasteiger partial charge in [0.05, 0.1) is 39.9 Å². The van der Waals surface area contributed by atoms with Crippen LogP contribution in [0.4, 0.5) is 0 Å². The summed E-state index contributed by atoms with van der Waals surface area (Å²) in [7, 11) is 1.25. The van der Waals surface area contributed by atoms with Crippen molar-refractivity contribution in [1.82, 2.24) is 5.32 Å². The van der Waals surface area contributed by atoms with Gasteiger partial charge in [-0.1, -0.05) is 227 Å². The van der Waals surface area contributed by atoms with E-state index in [2.05, 4.69) is 92.1 Å². The van der Waals surface area contributed by atoms with Crippen LogP contribution in [0.3, 0.4) is 0 Å². The second-order valence-electron chi connectivity index (χ2n) is 19.2. The smallest absolute Gasteiger partial charge is 0.268 e. The highest BCUT2D eigenvalue weighted by Crippen LogP contribution is 2.38. The van der Waals surface area contributed by atoms with Gasteiger partial charge in [-0.3, -0.25) is 9.36 Å². The Morgan fingerprint density at radius 2 is 0.924 bits per heavy atom. The van der Waals surface area contributed by atoms with E-state index in [1.165, 1.54) is 122 Å². The molecule has 2 N–H and O–H groups in total. The normalized spacial score (nSPS) is 14.7. The first-order chi connectivity index (χ1) is 32.0. The Bertz CT molecular complexity index is 1350. The Labute approximate surface area is 407 Å². The molecular formula is C57H103N2O6P. The predicted octanol–water partition coefficient (Wildman–Crippen LogP) is 15.5. The lowest BCUT2D eigenvalue weighted by molar-refractivity contribution is -0.870. The molecule has 0 rings (SSSR count). The molecule has 3 unspecified atom stereocenters. The van der Waals surface area contributed by atoms with Crippen molar-refractivity contribution in [2.75, 3.05) is 40.9 Å². The van der Waals surface area contributed by atoms with Gasteiger partial charge in [0.25, 0.3) is 7.82 Å². The minimum atomic E-state index is -4.59. The number of amides is 1. The van der Waals surface area contributed by atoms with Gasteiger partial charge in [-0.05, 0) is 70.6 Å². The molecule has 8 nitrogen and oxygen atoms in total. The van der Waals surface area contributed by atoms with Gasteiger partial charge < -0.3 is 28.8 Å². The molecule has 3 atom stereocenters. The molecule has 0 saturated carbocycles. The third-order valence-corrected chi connectivity index (χ3v) is 12.6. The average Bonchev–Trinajstić information content (AvgIpc) is 3.28. The van der Waals surface area contributed by atoms with E-state index in [4.69, 9.17) is 9.05 Å². The molecule has 0 saturated heterocycles. The molecule has 9 heteroatoms. The molecule has 0 aliphatic heterocycles. The average molecular weight is 943 g/mol. The van der Waals surface area contributed by atoms with Crippen LogP contribution in [0.1, 0.15) is 219 Å². The number of aliphatic hydroxyl groups is 1. The zero-order valence-corrected chi connectivity index (χ0v) is 44.3. The second-order valence-corrected chi connectivity index (χ2v) is 20.6. The summed E-state index contributed by atoms with van der Waals surface area (Å²) in [6.07, 6.45) is 66.7. The van der Waals surface area contributed by atoms with Crippen LogP contribution in [0.15, 0.2) is 85.1 Å². The van der Waals surface area contributed by atoms with Crippen LogP contribution in [0.25, 0.3) is 0 Å². The van der Waals surface area contributed by atoms with Crippen LogP contribution in [0.2, 0.25) is 0 Å². The molecule has 0 aliphatic rings. The highest BCUT2D eigenvalue weighted by Gasteiger charge is 2.23. The van der Waals surface area contributed by atoms with Crippen molar-refractivity contribution in [2.24, 2.45) is 0 Å². The molecule has 0 bridgehead atoms. The number of likely N-dealkylation sites (N-methyl/N-ethyl adjacent to an activating group) is 1. The maximum absolute atomic E-state index is 12.9. The van der Waals surface area contributed by atoms with Crippen LogP contribution in [-0.2, 0) is 18.4 Å². The number of hydrogen-bond donors (Lipinski definition) is 2. The molecule has 0 aromatic rings. The van der Waals surface area contributed by atoms with Crippen molar-refractivity contribution in [3.63, 3.8) is 0 Å². The number of nitrogens with one attached hydrogen (secondary N) is 1. The summed E-state index contributed by atoms with van der Waals surface area (Å²) in [5, 5.41) is 13.7. The minimum Gasteiger partial charge on any atom is -0.756 e. The van der Waals surface area contributed by atoms with Gasteiger partial charge in [0, 0.05) is 6.42 Å². The third kappa shape index (κ3) is 49.6. The molecule has 0 spiro atoms. The third-order valence-electron chi connectivity index (χ3n) is 11.6. The molecule has 0 radical (unpaired) electrons. The lowest BCUT2D eigenvalue weighted by atomic mass is 10.0. The fraction of sp³-hybridized carbons (Fsp3) is 0.737. The van der Waals surface area contributed by atoms with Gasteiger partial charge in [-0.25, -0.2) is 0 Å². The van der Waals surface area contributed by atoms with Crippen molar-refractivity contribution in [3.8, 4) is 0 Å². The lowest BCUT2D eigenvalue weighted by Gasteiger charge is -2.29. The van der Waals surface area contributed by atoms with Crippen LogP contribution in [0, 0.1) is 0 Å². The monoisotopic (exact) mass is 943 g/mol. The van der Waals surface area contributed by atoms with E-state index >= 15 is 0 Å². The van der Waals surface area contributed by atoms with Crippen molar-refractivity contribution in [2.45, 2.75) is 231 Å². The van der Waals surface area contributed by atoms with E-state index in [9.17, 15) is 19.4 Å². The maximum Gasteiger partial charge on any atom is 0.268 e. The van der Waals surface area contributed by atoms with Crippen molar-refractivity contribution < 1.29 is 32.9 Å². The highest BCUT2D eigenvalue weighted by molar-refractivity contribution is 7.45. The molecule has 382 valence electrons. The number of hydrogen-bond acceptors (Lipinski definition) is 6. The van der Waals surface area contributed by atoms with Gasteiger partial charge in [-0.15, -0.1) is 0 Å². The summed E-state index contributed by atoms with van der Waals surface area (Å²) in [6, 6.07) is -0.887. The zero-order chi connectivity index (χ0) is 48.5. The van der Waals surface area contributed by atoms with E-state index < -0.39 is 20.0 Å². The van der Waals surface area contributed by atoms with Gasteiger partial charge in [0.15, 0.2) is 0 Å². The van der Waals surface area contributed by atoms with Crippen LogP contribution >= 0.6 is 7.82 Å². The summed E-state index contributed by atoms with van der Waals surface area (Å²) >= 11 is 0. The van der Waals surface area contributed by atoms with E-state index in [0.29, 0.717) is 17.4 Å². The number of unbranched alkanes of at least 4 members (excludes halogenated alkanes) is 23. The van der Waals surface area contributed by atoms with Gasteiger partial charge in [0.2, 0.25) is 5.91 Å². The van der Waals surface area contributed by atoms with Crippen LogP contribution in [0.5, 0.6) is 0 Å². The largest absolute Gasteiger partial charge is 0.756 e. The molecule has 66 heavy (non-hydrogen) atoms. The topological polar surface area (TPSA) is 108 Å². The number of nitrogens with zero attached hydrogens (tertiary/aromatic N) is 1. The minimum absolute atomic E-state index is 0.00330. The summed E-state index contributed by atoms with van der Waals surface area (Å²) in [5.74, 6) is -0.202. The summed E-state index contributed by atoms with van der Waals surface area (Å²) in [6.45, 7) is 4.49. The SMILES string of the molecule is CC/C=C\C/C=C\C/C=C\C/C=C\C/C=C\C/C=C\CCCCCCCCCCCCCCCCCCC(=O)NC(COP(=O)([O-])OCC[N+](C)(C)C)C(O)/C=C/CCCCCCCCC. The molecule has 0 heterocycles. The number of rotatable bonds is 48. The second kappa shape index (κ2) is 47.7. The Balaban J connectivity index is 3.97. The number of allylic oxidation sites excluding steroid dienone is 13. The van der Waals surface area contributed by atoms with Gasteiger partial charge in [0.1, 0.15) is 13.2 Å². The van der Waals surface area contributed by atoms with Crippen LogP contribution in [-0.4, -0.2) is 68.5 Å². The van der Waals surface area contributed by atoms with E-state index in [-0.39, 0.29) is 19.1 Å². The standard InChI is InChI=1S/C57H103N2O6P/c1-6-8-10-12-14-16-17-18-19-20-21-22-23-24-25-26-27-28-29-30-31-32-33-34-35-36-37-38-39-40-41-43-45-47-49-51-57(61)58-55(54-65-66(62,63)64-53-52-59(3,4)5)56(60)50-48-46-44-42-15-13-11-9-7-2/h8,10,14,16,18-19,21-22,24-25,27-28,48,50,55-56,60H,6-7,9,11-13,15,17,20,23,26,29-47,49,51-54H2,1-5H3,(H-,58,61,62,63)/b10-8-,16-14-,19-18-,22-21-,25-24-,28-27-,50-48+. The number of aliphatic hydroxyl groups excluding tert-OH is 1. The van der Waals surface area contributed by atoms with E-state index in [1.807, 2.05) is 27.2 Å². The van der Waals surface area contributed by atoms with Crippen molar-refractivity contribution in [1.29, 1.82) is 0 Å². The molecule has 0 aliphatic carbocycles. The zero-order valence-electron chi connectivity index (χ0n) is 43.4. The summed E-state index contributed by atoms with van der Waals surface area (Å²) in [4.78, 5) is 25.3. The summed E-state index contributed by atoms with van der Waals surface area (Å²) in [5.41, 5.74) is 0. The number of carbonyl (C=O) groups is 1. The Hall–Kier alpha value is -2.32. The number of quaternary nitrogens is 1. The predicted molar refractivity (Wildman–Crippen MR) is 283 cm³/mol. The van der Waals surface area contributed by atoms with Gasteiger partial charge >= 0.3 is 0 Å². The summed E-state index contributed by atoms with van der Waals surface area (Å²) < 4.78 is 23.2. The Morgan fingerprint density at radius 3 is 1.35 bits per heavy atom.